The first kappa shape index (κ1) is 25.1. The van der Waals surface area contributed by atoms with Gasteiger partial charge < -0.3 is 19.0 Å². The van der Waals surface area contributed by atoms with Crippen molar-refractivity contribution in [3.63, 3.8) is 0 Å². The Morgan fingerprint density at radius 1 is 0.886 bits per heavy atom. The van der Waals surface area contributed by atoms with E-state index >= 15 is 0 Å². The van der Waals surface area contributed by atoms with Crippen molar-refractivity contribution in [1.82, 2.24) is 0 Å². The summed E-state index contributed by atoms with van der Waals surface area (Å²) in [4.78, 5) is 4.92. The monoisotopic (exact) mass is 486 g/mol. The molecule has 4 nitrogen and oxygen atoms in total. The van der Waals surface area contributed by atoms with Gasteiger partial charge in [-0.3, -0.25) is 0 Å². The molecule has 0 amide bonds. The molecule has 0 spiro atoms. The van der Waals surface area contributed by atoms with Gasteiger partial charge in [0.2, 0.25) is 0 Å². The summed E-state index contributed by atoms with van der Waals surface area (Å²) in [5.41, 5.74) is 6.42. The second-order valence-electron chi connectivity index (χ2n) is 10.2. The number of methoxy groups -OCH3 is 1. The Morgan fingerprint density at radius 2 is 1.49 bits per heavy atom. The molecule has 35 heavy (non-hydrogen) atoms. The quantitative estimate of drug-likeness (QED) is 0.312. The molecular formula is C30H38N2O2Si. The van der Waals surface area contributed by atoms with Crippen LogP contribution in [0.15, 0.2) is 96.2 Å². The van der Waals surface area contributed by atoms with Gasteiger partial charge in [0.1, 0.15) is 5.75 Å². The maximum atomic E-state index is 6.57. The summed E-state index contributed by atoms with van der Waals surface area (Å²) in [6.07, 6.45) is 0.913. The lowest BCUT2D eigenvalue weighted by Crippen LogP contribution is -2.49. The molecular weight excluding hydrogens is 448 g/mol. The molecule has 0 saturated carbocycles. The van der Waals surface area contributed by atoms with Crippen LogP contribution in [0.4, 0.5) is 11.4 Å². The minimum absolute atomic E-state index is 0.121. The summed E-state index contributed by atoms with van der Waals surface area (Å²) in [6, 6.07) is 30.3. The van der Waals surface area contributed by atoms with E-state index in [2.05, 4.69) is 128 Å². The average Bonchev–Trinajstić information content (AvgIpc) is 2.88. The van der Waals surface area contributed by atoms with Crippen LogP contribution in [0.3, 0.4) is 0 Å². The Morgan fingerprint density at radius 3 is 2.06 bits per heavy atom. The molecule has 1 heterocycles. The smallest absolute Gasteiger partial charge is 0.183 e. The first-order valence-electron chi connectivity index (χ1n) is 12.4. The van der Waals surface area contributed by atoms with E-state index in [1.54, 1.807) is 7.11 Å². The number of ether oxygens (including phenoxy) is 1. The average molecular weight is 487 g/mol. The van der Waals surface area contributed by atoms with Crippen molar-refractivity contribution in [3.8, 4) is 5.75 Å². The van der Waals surface area contributed by atoms with Crippen molar-refractivity contribution in [1.29, 1.82) is 0 Å². The van der Waals surface area contributed by atoms with Gasteiger partial charge in [0.05, 0.1) is 25.8 Å². The highest BCUT2D eigenvalue weighted by Crippen LogP contribution is 2.43. The normalized spacial score (nSPS) is 18.5. The highest BCUT2D eigenvalue weighted by molar-refractivity contribution is 6.69. The number of hydrogen-bond acceptors (Lipinski definition) is 4. The molecule has 5 heteroatoms. The molecule has 4 rings (SSSR count). The molecule has 184 valence electrons. The predicted molar refractivity (Wildman–Crippen MR) is 150 cm³/mol. The third-order valence-electron chi connectivity index (χ3n) is 6.79. The SMILES string of the molecule is COc1ccc(N2[C@H](CO[Si](C)(C)C)C(C)=C(N(C)c3ccccc3)C[C@H]2c2ccccc2)cc1. The number of nitrogens with zero attached hydrogens (tertiary/aromatic N) is 2. The molecule has 0 N–H and O–H groups in total. The van der Waals surface area contributed by atoms with Gasteiger partial charge in [-0.2, -0.15) is 0 Å². The summed E-state index contributed by atoms with van der Waals surface area (Å²) < 4.78 is 12.0. The van der Waals surface area contributed by atoms with Crippen molar-refractivity contribution in [2.45, 2.75) is 45.1 Å². The summed E-state index contributed by atoms with van der Waals surface area (Å²) in [5.74, 6) is 0.869. The zero-order chi connectivity index (χ0) is 25.0. The van der Waals surface area contributed by atoms with Crippen LogP contribution in [0.5, 0.6) is 5.75 Å². The zero-order valence-corrected chi connectivity index (χ0v) is 22.9. The van der Waals surface area contributed by atoms with Crippen molar-refractivity contribution in [2.24, 2.45) is 0 Å². The molecule has 0 bridgehead atoms. The largest absolute Gasteiger partial charge is 0.497 e. The van der Waals surface area contributed by atoms with Crippen LogP contribution in [0, 0.1) is 0 Å². The lowest BCUT2D eigenvalue weighted by molar-refractivity contribution is 0.276. The fourth-order valence-corrected chi connectivity index (χ4v) is 5.53. The van der Waals surface area contributed by atoms with E-state index in [1.807, 2.05) is 0 Å². The zero-order valence-electron chi connectivity index (χ0n) is 21.9. The van der Waals surface area contributed by atoms with E-state index < -0.39 is 8.32 Å². The molecule has 0 radical (unpaired) electrons. The lowest BCUT2D eigenvalue weighted by atomic mass is 9.87. The lowest BCUT2D eigenvalue weighted by Gasteiger charge is -2.47. The Hall–Kier alpha value is -3.02. The second-order valence-corrected chi connectivity index (χ2v) is 14.7. The Bertz CT molecular complexity index is 1120. The van der Waals surface area contributed by atoms with Gasteiger partial charge in [-0.25, -0.2) is 0 Å². The van der Waals surface area contributed by atoms with Gasteiger partial charge in [0.25, 0.3) is 0 Å². The van der Waals surface area contributed by atoms with Crippen molar-refractivity contribution in [2.75, 3.05) is 30.6 Å². The molecule has 1 aliphatic heterocycles. The molecule has 1 aliphatic rings. The topological polar surface area (TPSA) is 24.9 Å². The Balaban J connectivity index is 1.84. The van der Waals surface area contributed by atoms with Crippen LogP contribution in [-0.2, 0) is 4.43 Å². The van der Waals surface area contributed by atoms with E-state index in [9.17, 15) is 0 Å². The van der Waals surface area contributed by atoms with Crippen LogP contribution >= 0.6 is 0 Å². The number of hydrogen-bond donors (Lipinski definition) is 0. The molecule has 0 aliphatic carbocycles. The first-order chi connectivity index (χ1) is 16.8. The van der Waals surface area contributed by atoms with E-state index in [-0.39, 0.29) is 12.1 Å². The van der Waals surface area contributed by atoms with Gasteiger partial charge >= 0.3 is 0 Å². The van der Waals surface area contributed by atoms with Crippen molar-refractivity contribution >= 4 is 19.7 Å². The Labute approximate surface area is 211 Å². The summed E-state index contributed by atoms with van der Waals surface area (Å²) in [7, 11) is 2.19. The maximum Gasteiger partial charge on any atom is 0.183 e. The molecule has 0 unspecified atom stereocenters. The van der Waals surface area contributed by atoms with Crippen LogP contribution in [-0.4, -0.2) is 35.1 Å². The summed E-state index contributed by atoms with van der Waals surface area (Å²) in [5, 5.41) is 0. The van der Waals surface area contributed by atoms with Gasteiger partial charge in [0.15, 0.2) is 8.32 Å². The summed E-state index contributed by atoms with van der Waals surface area (Å²) >= 11 is 0. The van der Waals surface area contributed by atoms with Crippen LogP contribution in [0.25, 0.3) is 0 Å². The minimum atomic E-state index is -1.71. The van der Waals surface area contributed by atoms with Gasteiger partial charge in [-0.15, -0.1) is 0 Å². The maximum absolute atomic E-state index is 6.57. The molecule has 3 aromatic carbocycles. The molecule has 0 aromatic heterocycles. The van der Waals surface area contributed by atoms with Crippen LogP contribution in [0.1, 0.15) is 24.9 Å². The fraction of sp³-hybridized carbons (Fsp3) is 0.333. The van der Waals surface area contributed by atoms with Crippen LogP contribution < -0.4 is 14.5 Å². The Kier molecular flexibility index (Phi) is 7.68. The van der Waals surface area contributed by atoms with E-state index in [4.69, 9.17) is 9.16 Å². The van der Waals surface area contributed by atoms with Gasteiger partial charge in [-0.1, -0.05) is 48.5 Å². The first-order valence-corrected chi connectivity index (χ1v) is 15.8. The predicted octanol–water partition coefficient (Wildman–Crippen LogP) is 7.28. The highest BCUT2D eigenvalue weighted by Gasteiger charge is 2.37. The third kappa shape index (κ3) is 5.80. The highest BCUT2D eigenvalue weighted by atomic mass is 28.4. The van der Waals surface area contributed by atoms with Crippen molar-refractivity contribution < 1.29 is 9.16 Å². The minimum Gasteiger partial charge on any atom is -0.497 e. The number of benzene rings is 3. The van der Waals surface area contributed by atoms with Crippen LogP contribution in [0.2, 0.25) is 19.6 Å². The second kappa shape index (κ2) is 10.7. The van der Waals surface area contributed by atoms with Crippen molar-refractivity contribution in [3.05, 3.63) is 102 Å². The van der Waals surface area contributed by atoms with E-state index in [1.165, 1.54) is 28.2 Å². The van der Waals surface area contributed by atoms with E-state index in [0.717, 1.165) is 12.2 Å². The molecule has 0 fully saturated rings. The molecule has 3 aromatic rings. The van der Waals surface area contributed by atoms with Gasteiger partial charge in [0, 0.05) is 30.5 Å². The standard InChI is InChI=1S/C30H38N2O2Si/c1-23-28(31(2)25-15-11-8-12-16-25)21-29(24-13-9-7-10-14-24)32(30(23)22-34-35(4,5)6)26-17-19-27(33-3)20-18-26/h7-20,29-30H,21-22H2,1-6H3/t29-,30+/m0/s1. The van der Waals surface area contributed by atoms with E-state index in [0.29, 0.717) is 6.61 Å². The molecule has 0 saturated heterocycles. The molecule has 2 atom stereocenters. The number of para-hydroxylation sites is 1. The summed E-state index contributed by atoms with van der Waals surface area (Å²) in [6.45, 7) is 9.74. The van der Waals surface area contributed by atoms with Gasteiger partial charge in [-0.05, 0) is 74.1 Å². The number of rotatable bonds is 8. The fourth-order valence-electron chi connectivity index (χ4n) is 4.87. The number of anilines is 2. The third-order valence-corrected chi connectivity index (χ3v) is 7.82.